The van der Waals surface area contributed by atoms with Crippen LogP contribution in [0.1, 0.15) is 17.5 Å². The van der Waals surface area contributed by atoms with Crippen molar-refractivity contribution in [1.29, 1.82) is 0 Å². The molecule has 0 saturated heterocycles. The van der Waals surface area contributed by atoms with Gasteiger partial charge in [0.15, 0.2) is 0 Å². The maximum Gasteiger partial charge on any atom is 0.0283 e. The number of alkyl halides is 1. The quantitative estimate of drug-likeness (QED) is 0.673. The van der Waals surface area contributed by atoms with E-state index in [9.17, 15) is 0 Å². The summed E-state index contributed by atoms with van der Waals surface area (Å²) in [5, 5.41) is 0.922. The Labute approximate surface area is 76.8 Å². The van der Waals surface area contributed by atoms with Crippen molar-refractivity contribution in [3.63, 3.8) is 0 Å². The molecule has 0 spiro atoms. The van der Waals surface area contributed by atoms with Gasteiger partial charge in [0, 0.05) is 5.33 Å². The average Bonchev–Trinajstić information content (AvgIpc) is 2.06. The largest absolute Gasteiger partial charge is 0.0876 e. The first kappa shape index (κ1) is 8.79. The molecule has 0 fully saturated rings. The molecule has 58 valence electrons. The van der Waals surface area contributed by atoms with Crippen LogP contribution < -0.4 is 0 Å². The van der Waals surface area contributed by atoms with Gasteiger partial charge in [0.1, 0.15) is 0 Å². The minimum Gasteiger partial charge on any atom is -0.0876 e. The van der Waals surface area contributed by atoms with Crippen molar-refractivity contribution in [1.82, 2.24) is 0 Å². The first-order valence-electron chi connectivity index (χ1n) is 3.70. The topological polar surface area (TPSA) is 0 Å². The molecule has 0 nitrogen and oxygen atoms in total. The molecule has 1 heteroatoms. The molecule has 2 radical (unpaired) electrons. The second-order valence-corrected chi connectivity index (χ2v) is 3.05. The predicted molar refractivity (Wildman–Crippen MR) is 51.7 cm³/mol. The highest BCUT2D eigenvalue weighted by Crippen LogP contribution is 2.09. The number of halogens is 1. The van der Waals surface area contributed by atoms with Crippen molar-refractivity contribution in [2.45, 2.75) is 18.2 Å². The van der Waals surface area contributed by atoms with Gasteiger partial charge in [-0.1, -0.05) is 40.2 Å². The minimum atomic E-state index is 0.728. The van der Waals surface area contributed by atoms with Crippen LogP contribution in [0.5, 0.6) is 0 Å². The zero-order valence-corrected chi connectivity index (χ0v) is 7.97. The van der Waals surface area contributed by atoms with E-state index < -0.39 is 0 Å². The maximum absolute atomic E-state index is 5.44. The highest BCUT2D eigenvalue weighted by atomic mass is 79.9. The fraction of sp³-hybridized carbons (Fsp3) is 0.300. The van der Waals surface area contributed by atoms with Crippen LogP contribution >= 0.6 is 15.9 Å². The number of hydrogen-bond acceptors (Lipinski definition) is 0. The molecule has 0 aromatic heterocycles. The third-order valence-electron chi connectivity index (χ3n) is 1.58. The molecule has 0 amide bonds. The van der Waals surface area contributed by atoms with Crippen LogP contribution in [0, 0.1) is 6.92 Å². The van der Waals surface area contributed by atoms with E-state index in [-0.39, 0.29) is 0 Å². The smallest absolute Gasteiger partial charge is 0.0283 e. The van der Waals surface area contributed by atoms with E-state index in [1.807, 2.05) is 0 Å². The summed E-state index contributed by atoms with van der Waals surface area (Å²) in [6.07, 6.45) is 1.70. The van der Waals surface area contributed by atoms with Crippen LogP contribution in [0.25, 0.3) is 0 Å². The predicted octanol–water partition coefficient (Wildman–Crippen LogP) is 3.23. The van der Waals surface area contributed by atoms with Crippen molar-refractivity contribution in [2.24, 2.45) is 0 Å². The molecular weight excluding hydrogens is 200 g/mol. The van der Waals surface area contributed by atoms with Crippen LogP contribution in [0.4, 0.5) is 0 Å². The van der Waals surface area contributed by atoms with Gasteiger partial charge in [-0.2, -0.15) is 0 Å². The van der Waals surface area contributed by atoms with E-state index in [0.29, 0.717) is 0 Å². The Morgan fingerprint density at radius 3 is 2.64 bits per heavy atom. The number of hydrogen-bond donors (Lipinski definition) is 0. The Kier molecular flexibility index (Phi) is 3.64. The van der Waals surface area contributed by atoms with Gasteiger partial charge in [0.2, 0.25) is 0 Å². The van der Waals surface area contributed by atoms with Gasteiger partial charge >= 0.3 is 0 Å². The van der Waals surface area contributed by atoms with Gasteiger partial charge in [-0.15, -0.1) is 0 Å². The SMILES string of the molecule is [CH]CCc1cccc(CBr)c1. The van der Waals surface area contributed by atoms with E-state index >= 15 is 0 Å². The third kappa shape index (κ3) is 2.66. The Balaban J connectivity index is 2.74. The van der Waals surface area contributed by atoms with Gasteiger partial charge in [-0.3, -0.25) is 0 Å². The lowest BCUT2D eigenvalue weighted by Gasteiger charge is -1.99. The summed E-state index contributed by atoms with van der Waals surface area (Å²) in [5.74, 6) is 0. The number of aryl methyl sites for hydroxylation is 1. The molecule has 0 bridgehead atoms. The van der Waals surface area contributed by atoms with Gasteiger partial charge in [0.25, 0.3) is 0 Å². The fourth-order valence-corrected chi connectivity index (χ4v) is 1.38. The molecular formula is C10H11Br. The van der Waals surface area contributed by atoms with Crippen LogP contribution in [-0.2, 0) is 11.8 Å². The average molecular weight is 211 g/mol. The molecule has 0 aliphatic carbocycles. The molecule has 0 aliphatic rings. The third-order valence-corrected chi connectivity index (χ3v) is 2.23. The fourth-order valence-electron chi connectivity index (χ4n) is 1.03. The molecule has 11 heavy (non-hydrogen) atoms. The van der Waals surface area contributed by atoms with Gasteiger partial charge in [0.05, 0.1) is 0 Å². The van der Waals surface area contributed by atoms with Gasteiger partial charge < -0.3 is 0 Å². The Hall–Kier alpha value is -0.300. The molecule has 0 saturated carbocycles. The Morgan fingerprint density at radius 1 is 1.27 bits per heavy atom. The first-order chi connectivity index (χ1) is 5.36. The normalized spacial score (nSPS) is 10.0. The van der Waals surface area contributed by atoms with Crippen LogP contribution in [0.3, 0.4) is 0 Å². The highest BCUT2D eigenvalue weighted by Gasteiger charge is 1.92. The highest BCUT2D eigenvalue weighted by molar-refractivity contribution is 9.08. The van der Waals surface area contributed by atoms with Crippen LogP contribution in [0.2, 0.25) is 0 Å². The van der Waals surface area contributed by atoms with Crippen molar-refractivity contribution in [3.05, 3.63) is 42.3 Å². The second-order valence-electron chi connectivity index (χ2n) is 2.49. The van der Waals surface area contributed by atoms with E-state index in [1.54, 1.807) is 0 Å². The van der Waals surface area contributed by atoms with E-state index in [4.69, 9.17) is 6.92 Å². The Bertz CT molecular complexity index is 218. The zero-order valence-electron chi connectivity index (χ0n) is 6.39. The first-order valence-corrected chi connectivity index (χ1v) is 4.83. The molecule has 1 rings (SSSR count). The minimum absolute atomic E-state index is 0.728. The zero-order chi connectivity index (χ0) is 8.10. The van der Waals surface area contributed by atoms with E-state index in [1.165, 1.54) is 11.1 Å². The van der Waals surface area contributed by atoms with Crippen molar-refractivity contribution in [2.75, 3.05) is 0 Å². The monoisotopic (exact) mass is 210 g/mol. The Morgan fingerprint density at radius 2 is 2.00 bits per heavy atom. The lowest BCUT2D eigenvalue weighted by Crippen LogP contribution is -1.84. The standard InChI is InChI=1S/C10H11Br/c1-2-4-9-5-3-6-10(7-9)8-11/h1,3,5-7H,2,4,8H2. The summed E-state index contributed by atoms with van der Waals surface area (Å²) in [6, 6.07) is 8.47. The van der Waals surface area contributed by atoms with Crippen LogP contribution in [0.15, 0.2) is 24.3 Å². The second kappa shape index (κ2) is 4.55. The van der Waals surface area contributed by atoms with Crippen molar-refractivity contribution < 1.29 is 0 Å². The molecule has 0 aliphatic heterocycles. The van der Waals surface area contributed by atoms with E-state index in [0.717, 1.165) is 18.2 Å². The summed E-state index contributed by atoms with van der Waals surface area (Å²) >= 11 is 3.41. The summed E-state index contributed by atoms with van der Waals surface area (Å²) in [7, 11) is 0. The summed E-state index contributed by atoms with van der Waals surface area (Å²) in [6.45, 7) is 5.44. The molecule has 0 unspecified atom stereocenters. The lowest BCUT2D eigenvalue weighted by molar-refractivity contribution is 0.996. The number of benzene rings is 1. The molecule has 1 aromatic carbocycles. The van der Waals surface area contributed by atoms with Crippen molar-refractivity contribution >= 4 is 15.9 Å². The van der Waals surface area contributed by atoms with Gasteiger partial charge in [-0.05, 0) is 30.9 Å². The summed E-state index contributed by atoms with van der Waals surface area (Å²) in [4.78, 5) is 0. The molecule has 1 aromatic rings. The molecule has 0 heterocycles. The molecule has 0 atom stereocenters. The number of rotatable bonds is 3. The van der Waals surface area contributed by atoms with Crippen LogP contribution in [-0.4, -0.2) is 0 Å². The summed E-state index contributed by atoms with van der Waals surface area (Å²) in [5.41, 5.74) is 2.64. The van der Waals surface area contributed by atoms with E-state index in [2.05, 4.69) is 40.2 Å². The summed E-state index contributed by atoms with van der Waals surface area (Å²) < 4.78 is 0. The molecule has 0 N–H and O–H groups in total. The van der Waals surface area contributed by atoms with Crippen molar-refractivity contribution in [3.8, 4) is 0 Å². The van der Waals surface area contributed by atoms with Gasteiger partial charge in [-0.25, -0.2) is 0 Å². The lowest BCUT2D eigenvalue weighted by atomic mass is 10.1. The maximum atomic E-state index is 5.44.